The van der Waals surface area contributed by atoms with Crippen LogP contribution < -0.4 is 5.46 Å². The molecule has 2 heterocycles. The van der Waals surface area contributed by atoms with Crippen molar-refractivity contribution in [3.05, 3.63) is 58.4 Å². The standard InChI is InChI=1S/C29H40BNO2/c1-19-16-22-23(26(4,5)13-12-25(22,2)3)17-21(19)29(14-15-29)24-11-10-20(18-31-24)30-32-27(6,7)28(8,9)33-30/h10-11,16-18H,12-15H2,1-9H3. The van der Waals surface area contributed by atoms with Gasteiger partial charge in [0.15, 0.2) is 0 Å². The maximum absolute atomic E-state index is 6.24. The van der Waals surface area contributed by atoms with Gasteiger partial charge in [-0.1, -0.05) is 45.9 Å². The van der Waals surface area contributed by atoms with E-state index in [1.165, 1.54) is 42.5 Å². The molecular formula is C29H40BNO2. The first-order valence-corrected chi connectivity index (χ1v) is 12.7. The molecule has 0 radical (unpaired) electrons. The van der Waals surface area contributed by atoms with Crippen molar-refractivity contribution in [3.8, 4) is 0 Å². The Balaban J connectivity index is 1.50. The van der Waals surface area contributed by atoms with E-state index in [-0.39, 0.29) is 34.6 Å². The largest absolute Gasteiger partial charge is 0.496 e. The van der Waals surface area contributed by atoms with Crippen molar-refractivity contribution in [2.75, 3.05) is 0 Å². The molecule has 5 rings (SSSR count). The van der Waals surface area contributed by atoms with Gasteiger partial charge in [-0.3, -0.25) is 4.98 Å². The van der Waals surface area contributed by atoms with Crippen LogP contribution in [0.25, 0.3) is 0 Å². The van der Waals surface area contributed by atoms with Crippen molar-refractivity contribution in [3.63, 3.8) is 0 Å². The number of nitrogens with zero attached hydrogens (tertiary/aromatic N) is 1. The third kappa shape index (κ3) is 3.51. The molecular weight excluding hydrogens is 405 g/mol. The summed E-state index contributed by atoms with van der Waals surface area (Å²) in [5.74, 6) is 0. The van der Waals surface area contributed by atoms with Gasteiger partial charge in [-0.2, -0.15) is 0 Å². The average Bonchev–Trinajstić information content (AvgIpc) is 3.48. The molecule has 4 heteroatoms. The number of aryl methyl sites for hydroxylation is 1. The van der Waals surface area contributed by atoms with Gasteiger partial charge in [0.25, 0.3) is 0 Å². The molecule has 2 fully saturated rings. The van der Waals surface area contributed by atoms with Crippen molar-refractivity contribution in [2.45, 2.75) is 115 Å². The van der Waals surface area contributed by atoms with Crippen LogP contribution in [0.4, 0.5) is 0 Å². The lowest BCUT2D eigenvalue weighted by molar-refractivity contribution is 0.00578. The predicted molar refractivity (Wildman–Crippen MR) is 136 cm³/mol. The number of aromatic nitrogens is 1. The lowest BCUT2D eigenvalue weighted by atomic mass is 9.62. The van der Waals surface area contributed by atoms with E-state index in [2.05, 4.69) is 86.6 Å². The molecule has 1 aromatic carbocycles. The van der Waals surface area contributed by atoms with Crippen LogP contribution in [0.15, 0.2) is 30.5 Å². The van der Waals surface area contributed by atoms with Gasteiger partial charge < -0.3 is 9.31 Å². The topological polar surface area (TPSA) is 31.4 Å². The lowest BCUT2D eigenvalue weighted by Gasteiger charge is -2.43. The van der Waals surface area contributed by atoms with Crippen LogP contribution in [0, 0.1) is 6.92 Å². The van der Waals surface area contributed by atoms with E-state index in [1.54, 1.807) is 11.1 Å². The van der Waals surface area contributed by atoms with Gasteiger partial charge in [0.1, 0.15) is 0 Å². The van der Waals surface area contributed by atoms with E-state index >= 15 is 0 Å². The molecule has 33 heavy (non-hydrogen) atoms. The quantitative estimate of drug-likeness (QED) is 0.534. The normalized spacial score (nSPS) is 25.5. The van der Waals surface area contributed by atoms with Crippen molar-refractivity contribution in [1.82, 2.24) is 4.98 Å². The van der Waals surface area contributed by atoms with Gasteiger partial charge in [-0.15, -0.1) is 0 Å². The molecule has 1 aliphatic heterocycles. The molecule has 0 amide bonds. The molecule has 0 spiro atoms. The van der Waals surface area contributed by atoms with Gasteiger partial charge in [0.2, 0.25) is 0 Å². The Kier molecular flexibility index (Phi) is 4.87. The Morgan fingerprint density at radius 3 is 1.76 bits per heavy atom. The maximum atomic E-state index is 6.24. The maximum Gasteiger partial charge on any atom is 0.496 e. The van der Waals surface area contributed by atoms with E-state index in [0.717, 1.165) is 5.46 Å². The molecule has 0 unspecified atom stereocenters. The van der Waals surface area contributed by atoms with E-state index < -0.39 is 0 Å². The van der Waals surface area contributed by atoms with Crippen LogP contribution in [0.3, 0.4) is 0 Å². The molecule has 1 saturated heterocycles. The minimum atomic E-state index is -0.361. The summed E-state index contributed by atoms with van der Waals surface area (Å²) < 4.78 is 12.5. The van der Waals surface area contributed by atoms with Gasteiger partial charge in [-0.25, -0.2) is 0 Å². The Bertz CT molecular complexity index is 1080. The van der Waals surface area contributed by atoms with Crippen LogP contribution in [-0.2, 0) is 25.6 Å². The predicted octanol–water partition coefficient (Wildman–Crippen LogP) is 6.12. The van der Waals surface area contributed by atoms with Crippen LogP contribution in [0.5, 0.6) is 0 Å². The van der Waals surface area contributed by atoms with E-state index in [9.17, 15) is 0 Å². The highest BCUT2D eigenvalue weighted by molar-refractivity contribution is 6.62. The zero-order chi connectivity index (χ0) is 24.0. The summed E-state index contributed by atoms with van der Waals surface area (Å²) in [6, 6.07) is 9.40. The Morgan fingerprint density at radius 1 is 0.727 bits per heavy atom. The van der Waals surface area contributed by atoms with Crippen LogP contribution in [-0.4, -0.2) is 23.3 Å². The van der Waals surface area contributed by atoms with E-state index in [0.29, 0.717) is 0 Å². The lowest BCUT2D eigenvalue weighted by Crippen LogP contribution is -2.41. The summed E-state index contributed by atoms with van der Waals surface area (Å²) in [7, 11) is -0.361. The number of benzene rings is 1. The van der Waals surface area contributed by atoms with Crippen molar-refractivity contribution in [2.24, 2.45) is 0 Å². The molecule has 1 aromatic heterocycles. The molecule has 2 aromatic rings. The SMILES string of the molecule is Cc1cc2c(cc1C1(c3ccc(B4OC(C)(C)C(C)(C)O4)cn3)CC1)C(C)(C)CCC2(C)C. The summed E-state index contributed by atoms with van der Waals surface area (Å²) in [4.78, 5) is 4.99. The first-order valence-electron chi connectivity index (χ1n) is 12.7. The Morgan fingerprint density at radius 2 is 1.27 bits per heavy atom. The number of pyridine rings is 1. The number of rotatable bonds is 3. The molecule has 3 aliphatic rings. The fraction of sp³-hybridized carbons (Fsp3) is 0.621. The van der Waals surface area contributed by atoms with Crippen LogP contribution >= 0.6 is 0 Å². The summed E-state index contributed by atoms with van der Waals surface area (Å²) in [5.41, 5.74) is 7.98. The Hall–Kier alpha value is -1.65. The Labute approximate surface area is 200 Å². The van der Waals surface area contributed by atoms with Crippen molar-refractivity contribution < 1.29 is 9.31 Å². The number of hydrogen-bond donors (Lipinski definition) is 0. The van der Waals surface area contributed by atoms with Gasteiger partial charge in [0.05, 0.1) is 16.9 Å². The molecule has 0 bridgehead atoms. The van der Waals surface area contributed by atoms with Crippen LogP contribution in [0.1, 0.15) is 109 Å². The molecule has 176 valence electrons. The smallest absolute Gasteiger partial charge is 0.399 e. The third-order valence-corrected chi connectivity index (χ3v) is 9.27. The number of hydrogen-bond acceptors (Lipinski definition) is 3. The molecule has 0 atom stereocenters. The molecule has 0 N–H and O–H groups in total. The second-order valence-electron chi connectivity index (χ2n) is 13.1. The summed E-state index contributed by atoms with van der Waals surface area (Å²) in [6.07, 6.45) is 6.79. The van der Waals surface area contributed by atoms with Gasteiger partial charge >= 0.3 is 7.12 Å². The first kappa shape index (κ1) is 23.1. The number of fused-ring (bicyclic) bond motifs is 1. The van der Waals surface area contributed by atoms with Crippen LogP contribution in [0.2, 0.25) is 0 Å². The fourth-order valence-corrected chi connectivity index (χ4v) is 5.83. The van der Waals surface area contributed by atoms with Gasteiger partial charge in [-0.05, 0) is 99.5 Å². The summed E-state index contributed by atoms with van der Waals surface area (Å²) in [6.45, 7) is 20.3. The van der Waals surface area contributed by atoms with Gasteiger partial charge in [0, 0.05) is 17.1 Å². The minimum Gasteiger partial charge on any atom is -0.399 e. The third-order valence-electron chi connectivity index (χ3n) is 9.27. The fourth-order valence-electron chi connectivity index (χ4n) is 5.83. The second kappa shape index (κ2) is 6.95. The monoisotopic (exact) mass is 445 g/mol. The van der Waals surface area contributed by atoms with Crippen molar-refractivity contribution in [1.29, 1.82) is 0 Å². The summed E-state index contributed by atoms with van der Waals surface area (Å²) >= 11 is 0. The zero-order valence-corrected chi connectivity index (χ0v) is 22.1. The van der Waals surface area contributed by atoms with E-state index in [4.69, 9.17) is 14.3 Å². The molecule has 2 aliphatic carbocycles. The van der Waals surface area contributed by atoms with Crippen molar-refractivity contribution >= 4 is 12.6 Å². The molecule has 1 saturated carbocycles. The first-order chi connectivity index (χ1) is 15.2. The zero-order valence-electron chi connectivity index (χ0n) is 22.1. The highest BCUT2D eigenvalue weighted by Gasteiger charge is 2.53. The second-order valence-corrected chi connectivity index (χ2v) is 13.1. The molecule has 3 nitrogen and oxygen atoms in total. The van der Waals surface area contributed by atoms with E-state index in [1.807, 2.05) is 6.20 Å². The minimum absolute atomic E-state index is 0.0469. The highest BCUT2D eigenvalue weighted by atomic mass is 16.7. The highest BCUT2D eigenvalue weighted by Crippen LogP contribution is 2.56. The summed E-state index contributed by atoms with van der Waals surface area (Å²) in [5, 5.41) is 0. The average molecular weight is 445 g/mol.